The number of carbonyl (C=O) groups is 1. The molecule has 0 bridgehead atoms. The molecule has 0 fully saturated rings. The summed E-state index contributed by atoms with van der Waals surface area (Å²) in [6, 6.07) is 15.6. The molecular weight excluding hydrogens is 340 g/mol. The number of sulfone groups is 1. The Morgan fingerprint density at radius 3 is 2.60 bits per heavy atom. The number of hydrogen-bond donors (Lipinski definition) is 1. The van der Waals surface area contributed by atoms with Gasteiger partial charge in [-0.1, -0.05) is 36.4 Å². The molecule has 7 nitrogen and oxygen atoms in total. The summed E-state index contributed by atoms with van der Waals surface area (Å²) in [5.41, 5.74) is 1.29. The van der Waals surface area contributed by atoms with Gasteiger partial charge in [0.2, 0.25) is 5.95 Å². The van der Waals surface area contributed by atoms with Gasteiger partial charge in [0, 0.05) is 11.8 Å². The lowest BCUT2D eigenvalue weighted by molar-refractivity contribution is 0.102. The zero-order valence-corrected chi connectivity index (χ0v) is 14.3. The molecule has 3 aromatic rings. The van der Waals surface area contributed by atoms with Crippen LogP contribution in [0.4, 0.5) is 5.95 Å². The lowest BCUT2D eigenvalue weighted by Crippen LogP contribution is -2.14. The molecule has 8 heteroatoms. The van der Waals surface area contributed by atoms with E-state index in [1.807, 2.05) is 30.3 Å². The van der Waals surface area contributed by atoms with Crippen molar-refractivity contribution in [3.05, 3.63) is 72.1 Å². The molecule has 1 aromatic heterocycles. The summed E-state index contributed by atoms with van der Waals surface area (Å²) in [7, 11) is -3.38. The van der Waals surface area contributed by atoms with Crippen LogP contribution in [0.15, 0.2) is 65.8 Å². The van der Waals surface area contributed by atoms with Crippen LogP contribution < -0.4 is 5.32 Å². The van der Waals surface area contributed by atoms with Crippen molar-refractivity contribution in [3.63, 3.8) is 0 Å². The molecular formula is C17H16N4O3S. The molecule has 0 aliphatic heterocycles. The van der Waals surface area contributed by atoms with E-state index in [4.69, 9.17) is 0 Å². The van der Waals surface area contributed by atoms with Gasteiger partial charge in [0.1, 0.15) is 6.33 Å². The number of carbonyl (C=O) groups excluding carboxylic acids is 1. The quantitative estimate of drug-likeness (QED) is 0.754. The van der Waals surface area contributed by atoms with E-state index < -0.39 is 15.7 Å². The number of aromatic nitrogens is 3. The highest BCUT2D eigenvalue weighted by molar-refractivity contribution is 7.90. The van der Waals surface area contributed by atoms with Gasteiger partial charge in [-0.25, -0.2) is 18.1 Å². The fraction of sp³-hybridized carbons (Fsp3) is 0.118. The highest BCUT2D eigenvalue weighted by Crippen LogP contribution is 2.12. The third-order valence-corrected chi connectivity index (χ3v) is 4.58. The number of rotatable bonds is 5. The van der Waals surface area contributed by atoms with Crippen molar-refractivity contribution in [1.29, 1.82) is 0 Å². The van der Waals surface area contributed by atoms with Crippen LogP contribution in [0.5, 0.6) is 0 Å². The number of amides is 1. The van der Waals surface area contributed by atoms with Crippen molar-refractivity contribution in [2.75, 3.05) is 11.6 Å². The zero-order chi connectivity index (χ0) is 17.9. The minimum Gasteiger partial charge on any atom is -0.289 e. The number of nitrogens with one attached hydrogen (secondary N) is 1. The Morgan fingerprint density at radius 1 is 1.12 bits per heavy atom. The number of hydrogen-bond acceptors (Lipinski definition) is 5. The Bertz CT molecular complexity index is 997. The Kier molecular flexibility index (Phi) is 4.62. The van der Waals surface area contributed by atoms with Crippen molar-refractivity contribution in [1.82, 2.24) is 14.8 Å². The van der Waals surface area contributed by atoms with E-state index in [0.717, 1.165) is 11.8 Å². The minimum absolute atomic E-state index is 0.0858. The monoisotopic (exact) mass is 356 g/mol. The molecule has 1 heterocycles. The first-order valence-electron chi connectivity index (χ1n) is 7.47. The van der Waals surface area contributed by atoms with Gasteiger partial charge >= 0.3 is 0 Å². The van der Waals surface area contributed by atoms with Gasteiger partial charge in [0.25, 0.3) is 5.91 Å². The summed E-state index contributed by atoms with van der Waals surface area (Å²) < 4.78 is 24.8. The highest BCUT2D eigenvalue weighted by Gasteiger charge is 2.13. The largest absolute Gasteiger partial charge is 0.289 e. The van der Waals surface area contributed by atoms with Gasteiger partial charge < -0.3 is 0 Å². The van der Waals surface area contributed by atoms with Gasteiger partial charge in [-0.05, 0) is 23.8 Å². The van der Waals surface area contributed by atoms with Crippen LogP contribution in [-0.2, 0) is 16.4 Å². The van der Waals surface area contributed by atoms with E-state index in [9.17, 15) is 13.2 Å². The predicted molar refractivity (Wildman–Crippen MR) is 93.1 cm³/mol. The van der Waals surface area contributed by atoms with Crippen LogP contribution in [0.1, 0.15) is 15.9 Å². The topological polar surface area (TPSA) is 94.0 Å². The first-order chi connectivity index (χ1) is 11.9. The van der Waals surface area contributed by atoms with Gasteiger partial charge in [-0.3, -0.25) is 10.1 Å². The average Bonchev–Trinajstić information content (AvgIpc) is 3.02. The molecule has 25 heavy (non-hydrogen) atoms. The maximum absolute atomic E-state index is 12.3. The third kappa shape index (κ3) is 4.30. The van der Waals surface area contributed by atoms with E-state index in [-0.39, 0.29) is 16.4 Å². The normalized spacial score (nSPS) is 11.2. The molecule has 0 spiro atoms. The molecule has 0 saturated heterocycles. The second-order valence-electron chi connectivity index (χ2n) is 5.51. The number of benzene rings is 2. The summed E-state index contributed by atoms with van der Waals surface area (Å²) in [5, 5.41) is 6.76. The maximum atomic E-state index is 12.3. The molecule has 3 rings (SSSR count). The molecule has 0 aliphatic rings. The van der Waals surface area contributed by atoms with E-state index >= 15 is 0 Å². The summed E-state index contributed by atoms with van der Waals surface area (Å²) in [6.45, 7) is 0.535. The molecule has 0 radical (unpaired) electrons. The Hall–Kier alpha value is -3.00. The van der Waals surface area contributed by atoms with E-state index in [1.54, 1.807) is 4.68 Å². The molecule has 0 saturated carbocycles. The summed E-state index contributed by atoms with van der Waals surface area (Å²) in [6.07, 6.45) is 2.62. The van der Waals surface area contributed by atoms with Crippen LogP contribution in [0, 0.1) is 0 Å². The van der Waals surface area contributed by atoms with E-state index in [1.165, 1.54) is 30.6 Å². The van der Waals surface area contributed by atoms with Crippen LogP contribution in [-0.4, -0.2) is 35.3 Å². The van der Waals surface area contributed by atoms with Crippen molar-refractivity contribution in [2.24, 2.45) is 0 Å². The second-order valence-corrected chi connectivity index (χ2v) is 7.52. The molecule has 0 atom stereocenters. The van der Waals surface area contributed by atoms with Crippen LogP contribution in [0.25, 0.3) is 0 Å². The van der Waals surface area contributed by atoms with Gasteiger partial charge in [-0.2, -0.15) is 0 Å². The summed E-state index contributed by atoms with van der Waals surface area (Å²) in [4.78, 5) is 16.4. The van der Waals surface area contributed by atoms with Gasteiger partial charge in [0.15, 0.2) is 9.84 Å². The molecule has 2 aromatic carbocycles. The fourth-order valence-corrected chi connectivity index (χ4v) is 2.91. The molecule has 1 amide bonds. The molecule has 0 unspecified atom stereocenters. The Morgan fingerprint density at radius 2 is 1.88 bits per heavy atom. The molecule has 128 valence electrons. The molecule has 1 N–H and O–H groups in total. The zero-order valence-electron chi connectivity index (χ0n) is 13.5. The van der Waals surface area contributed by atoms with Gasteiger partial charge in [-0.15, -0.1) is 5.10 Å². The maximum Gasteiger partial charge on any atom is 0.258 e. The van der Waals surface area contributed by atoms with Crippen LogP contribution in [0.2, 0.25) is 0 Å². The van der Waals surface area contributed by atoms with Gasteiger partial charge in [0.05, 0.1) is 11.4 Å². The SMILES string of the molecule is CS(=O)(=O)c1cccc(C(=O)Nc2ncn(Cc3ccccc3)n2)c1. The van der Waals surface area contributed by atoms with Crippen LogP contribution in [0.3, 0.4) is 0 Å². The van der Waals surface area contributed by atoms with Crippen molar-refractivity contribution < 1.29 is 13.2 Å². The first-order valence-corrected chi connectivity index (χ1v) is 9.36. The lowest BCUT2D eigenvalue weighted by Gasteiger charge is -2.04. The third-order valence-electron chi connectivity index (χ3n) is 3.47. The Balaban J connectivity index is 1.72. The lowest BCUT2D eigenvalue weighted by atomic mass is 10.2. The second kappa shape index (κ2) is 6.86. The number of nitrogens with zero attached hydrogens (tertiary/aromatic N) is 3. The first kappa shape index (κ1) is 16.8. The summed E-state index contributed by atoms with van der Waals surface area (Å²) >= 11 is 0. The number of anilines is 1. The van der Waals surface area contributed by atoms with Crippen LogP contribution >= 0.6 is 0 Å². The minimum atomic E-state index is -3.38. The predicted octanol–water partition coefficient (Wildman–Crippen LogP) is 1.98. The highest BCUT2D eigenvalue weighted by atomic mass is 32.2. The molecule has 0 aliphatic carbocycles. The van der Waals surface area contributed by atoms with Crippen molar-refractivity contribution >= 4 is 21.7 Å². The summed E-state index contributed by atoms with van der Waals surface area (Å²) in [5.74, 6) is -0.311. The van der Waals surface area contributed by atoms with E-state index in [2.05, 4.69) is 15.4 Å². The standard InChI is InChI=1S/C17H16N4O3S/c1-25(23,24)15-9-5-8-14(10-15)16(22)19-17-18-12-21(20-17)11-13-6-3-2-4-7-13/h2-10,12H,11H2,1H3,(H,19,20,22). The Labute approximate surface area is 145 Å². The smallest absolute Gasteiger partial charge is 0.258 e. The fourth-order valence-electron chi connectivity index (χ4n) is 2.24. The van der Waals surface area contributed by atoms with Crippen molar-refractivity contribution in [2.45, 2.75) is 11.4 Å². The van der Waals surface area contributed by atoms with E-state index in [0.29, 0.717) is 6.54 Å². The van der Waals surface area contributed by atoms with Crippen molar-refractivity contribution in [3.8, 4) is 0 Å². The average molecular weight is 356 g/mol.